The highest BCUT2D eigenvalue weighted by Crippen LogP contribution is 2.48. The largest absolute Gasteiger partial charge is 0.489 e. The Bertz CT molecular complexity index is 1390. The zero-order valence-corrected chi connectivity index (χ0v) is 21.0. The SMILES string of the molecule is CCOC(=O)C1=C(C)NC2=C(C(=O)c3ccccc32)[C@@H]1c1ccccc1OCc1ccc(Br)cc1. The molecule has 1 aliphatic carbocycles. The first kappa shape index (κ1) is 23.1. The van der Waals surface area contributed by atoms with Crippen LogP contribution in [0.25, 0.3) is 5.70 Å². The van der Waals surface area contributed by atoms with Gasteiger partial charge in [-0.2, -0.15) is 0 Å². The number of rotatable bonds is 6. The molecule has 2 aliphatic rings. The highest BCUT2D eigenvalue weighted by Gasteiger charge is 2.43. The number of hydrogen-bond donors (Lipinski definition) is 1. The molecule has 0 unspecified atom stereocenters. The Morgan fingerprint density at radius 3 is 2.40 bits per heavy atom. The minimum atomic E-state index is -0.619. The summed E-state index contributed by atoms with van der Waals surface area (Å²) in [5.41, 5.74) is 5.60. The first-order valence-electron chi connectivity index (χ1n) is 11.5. The van der Waals surface area contributed by atoms with Crippen molar-refractivity contribution in [1.29, 1.82) is 0 Å². The van der Waals surface area contributed by atoms with E-state index in [0.717, 1.165) is 26.9 Å². The first-order chi connectivity index (χ1) is 17.0. The van der Waals surface area contributed by atoms with Crippen LogP contribution < -0.4 is 10.1 Å². The molecule has 0 fully saturated rings. The van der Waals surface area contributed by atoms with Crippen LogP contribution in [0.5, 0.6) is 5.75 Å². The highest BCUT2D eigenvalue weighted by atomic mass is 79.9. The van der Waals surface area contributed by atoms with Gasteiger partial charge in [0.1, 0.15) is 12.4 Å². The van der Waals surface area contributed by atoms with Crippen molar-refractivity contribution >= 4 is 33.4 Å². The van der Waals surface area contributed by atoms with Crippen LogP contribution in [0, 0.1) is 0 Å². The van der Waals surface area contributed by atoms with Gasteiger partial charge in [0.2, 0.25) is 0 Å². The van der Waals surface area contributed by atoms with Crippen molar-refractivity contribution in [2.75, 3.05) is 6.61 Å². The Kier molecular flexibility index (Phi) is 6.31. The van der Waals surface area contributed by atoms with Gasteiger partial charge < -0.3 is 14.8 Å². The van der Waals surface area contributed by atoms with Crippen LogP contribution in [-0.4, -0.2) is 18.4 Å². The fourth-order valence-corrected chi connectivity index (χ4v) is 4.98. The molecule has 6 heteroatoms. The molecule has 3 aromatic rings. The number of ether oxygens (including phenoxy) is 2. The Hall–Kier alpha value is -3.64. The lowest BCUT2D eigenvalue weighted by molar-refractivity contribution is -0.138. The smallest absolute Gasteiger partial charge is 0.336 e. The molecule has 0 amide bonds. The summed E-state index contributed by atoms with van der Waals surface area (Å²) in [6.07, 6.45) is 0. The van der Waals surface area contributed by atoms with Gasteiger partial charge in [0, 0.05) is 32.4 Å². The van der Waals surface area contributed by atoms with E-state index in [2.05, 4.69) is 21.2 Å². The summed E-state index contributed by atoms with van der Waals surface area (Å²) in [6.45, 7) is 4.21. The van der Waals surface area contributed by atoms with Crippen LogP contribution >= 0.6 is 15.9 Å². The topological polar surface area (TPSA) is 64.6 Å². The highest BCUT2D eigenvalue weighted by molar-refractivity contribution is 9.10. The molecule has 1 aliphatic heterocycles. The fraction of sp³-hybridized carbons (Fsp3) is 0.172. The molecule has 5 rings (SSSR count). The number of hydrogen-bond acceptors (Lipinski definition) is 5. The quantitative estimate of drug-likeness (QED) is 0.387. The number of nitrogens with one attached hydrogen (secondary N) is 1. The monoisotopic (exact) mass is 529 g/mol. The van der Waals surface area contributed by atoms with Crippen molar-refractivity contribution < 1.29 is 19.1 Å². The maximum Gasteiger partial charge on any atom is 0.336 e. The summed E-state index contributed by atoms with van der Waals surface area (Å²) in [6, 6.07) is 23.0. The van der Waals surface area contributed by atoms with Crippen LogP contribution in [-0.2, 0) is 16.1 Å². The standard InChI is InChI=1S/C29H24BrNO4/c1-3-34-29(33)24-17(2)31-27-20-8-4-5-9-21(20)28(32)26(27)25(24)22-10-6-7-11-23(22)35-16-18-12-14-19(30)15-13-18/h4-15,25,31H,3,16H2,1-2H3/t25-/m1/s1. The second kappa shape index (κ2) is 9.55. The molecule has 0 saturated heterocycles. The van der Waals surface area contributed by atoms with E-state index in [1.807, 2.05) is 79.7 Å². The Morgan fingerprint density at radius 2 is 1.66 bits per heavy atom. The van der Waals surface area contributed by atoms with Crippen molar-refractivity contribution in [3.8, 4) is 5.75 Å². The first-order valence-corrected chi connectivity index (χ1v) is 12.3. The van der Waals surface area contributed by atoms with Crippen molar-refractivity contribution in [2.45, 2.75) is 26.4 Å². The molecular weight excluding hydrogens is 506 g/mol. The molecule has 0 spiro atoms. The average molecular weight is 530 g/mol. The normalized spacial score (nSPS) is 16.5. The van der Waals surface area contributed by atoms with E-state index in [-0.39, 0.29) is 12.4 Å². The Labute approximate surface area is 212 Å². The van der Waals surface area contributed by atoms with Crippen molar-refractivity contribution in [3.05, 3.63) is 116 Å². The van der Waals surface area contributed by atoms with Gasteiger partial charge in [-0.05, 0) is 37.6 Å². The number of carbonyl (C=O) groups is 2. The molecule has 5 nitrogen and oxygen atoms in total. The zero-order valence-electron chi connectivity index (χ0n) is 19.4. The summed E-state index contributed by atoms with van der Waals surface area (Å²) >= 11 is 3.45. The van der Waals surface area contributed by atoms with E-state index < -0.39 is 11.9 Å². The average Bonchev–Trinajstić information content (AvgIpc) is 3.15. The van der Waals surface area contributed by atoms with E-state index >= 15 is 0 Å². The number of Topliss-reactive ketones (excluding diaryl/α,β-unsaturated/α-hetero) is 1. The van der Waals surface area contributed by atoms with Gasteiger partial charge in [-0.1, -0.05) is 70.5 Å². The zero-order chi connectivity index (χ0) is 24.5. The van der Waals surface area contributed by atoms with Gasteiger partial charge in [-0.3, -0.25) is 4.79 Å². The second-order valence-corrected chi connectivity index (χ2v) is 9.35. The van der Waals surface area contributed by atoms with E-state index in [1.165, 1.54) is 0 Å². The number of dihydropyridines is 1. The van der Waals surface area contributed by atoms with Crippen LogP contribution in [0.1, 0.15) is 46.8 Å². The van der Waals surface area contributed by atoms with E-state index in [1.54, 1.807) is 6.92 Å². The van der Waals surface area contributed by atoms with Crippen molar-refractivity contribution in [1.82, 2.24) is 5.32 Å². The maximum atomic E-state index is 13.7. The van der Waals surface area contributed by atoms with Crippen LogP contribution in [0.2, 0.25) is 0 Å². The fourth-order valence-electron chi connectivity index (χ4n) is 4.71. The molecule has 0 aromatic heterocycles. The van der Waals surface area contributed by atoms with Crippen LogP contribution in [0.15, 0.2) is 94.1 Å². The lowest BCUT2D eigenvalue weighted by Crippen LogP contribution is -2.29. The molecule has 1 N–H and O–H groups in total. The third-order valence-electron chi connectivity index (χ3n) is 6.28. The van der Waals surface area contributed by atoms with Gasteiger partial charge in [0.25, 0.3) is 0 Å². The molecule has 176 valence electrons. The molecule has 35 heavy (non-hydrogen) atoms. The van der Waals surface area contributed by atoms with Crippen LogP contribution in [0.3, 0.4) is 0 Å². The predicted octanol–water partition coefficient (Wildman–Crippen LogP) is 6.16. The number of ketones is 1. The molecule has 0 radical (unpaired) electrons. The van der Waals surface area contributed by atoms with Crippen molar-refractivity contribution in [3.63, 3.8) is 0 Å². The second-order valence-electron chi connectivity index (χ2n) is 8.43. The summed E-state index contributed by atoms with van der Waals surface area (Å²) < 4.78 is 12.7. The number of fused-ring (bicyclic) bond motifs is 2. The van der Waals surface area contributed by atoms with E-state index in [9.17, 15) is 9.59 Å². The molecular formula is C29H24BrNO4. The number of benzene rings is 3. The van der Waals surface area contributed by atoms with Gasteiger partial charge >= 0.3 is 5.97 Å². The lowest BCUT2D eigenvalue weighted by Gasteiger charge is -2.30. The molecule has 1 heterocycles. The van der Waals surface area contributed by atoms with Crippen LogP contribution in [0.4, 0.5) is 0 Å². The molecule has 3 aromatic carbocycles. The summed E-state index contributed by atoms with van der Waals surface area (Å²) in [5, 5.41) is 3.33. The maximum absolute atomic E-state index is 13.7. The number of esters is 1. The summed E-state index contributed by atoms with van der Waals surface area (Å²) in [4.78, 5) is 26.8. The van der Waals surface area contributed by atoms with E-state index in [4.69, 9.17) is 9.47 Å². The molecule has 1 atom stereocenters. The predicted molar refractivity (Wildman–Crippen MR) is 138 cm³/mol. The third kappa shape index (κ3) is 4.19. The summed E-state index contributed by atoms with van der Waals surface area (Å²) in [7, 11) is 0. The minimum absolute atomic E-state index is 0.0925. The summed E-state index contributed by atoms with van der Waals surface area (Å²) in [5.74, 6) is -0.538. The lowest BCUT2D eigenvalue weighted by atomic mass is 9.79. The number of allylic oxidation sites excluding steroid dienone is 2. The Morgan fingerprint density at radius 1 is 0.971 bits per heavy atom. The third-order valence-corrected chi connectivity index (χ3v) is 6.81. The van der Waals surface area contributed by atoms with E-state index in [0.29, 0.717) is 34.8 Å². The van der Waals surface area contributed by atoms with Gasteiger partial charge in [-0.25, -0.2) is 4.79 Å². The van der Waals surface area contributed by atoms with Gasteiger partial charge in [0.15, 0.2) is 5.78 Å². The Balaban J connectivity index is 1.61. The number of para-hydroxylation sites is 1. The molecule has 0 saturated carbocycles. The van der Waals surface area contributed by atoms with Gasteiger partial charge in [0.05, 0.1) is 23.8 Å². The minimum Gasteiger partial charge on any atom is -0.489 e. The number of carbonyl (C=O) groups excluding carboxylic acids is 2. The molecule has 0 bridgehead atoms. The number of halogens is 1. The van der Waals surface area contributed by atoms with Gasteiger partial charge in [-0.15, -0.1) is 0 Å². The van der Waals surface area contributed by atoms with Crippen molar-refractivity contribution in [2.24, 2.45) is 0 Å².